The summed E-state index contributed by atoms with van der Waals surface area (Å²) in [5.41, 5.74) is 7.40. The van der Waals surface area contributed by atoms with E-state index >= 15 is 0 Å². The average Bonchev–Trinajstić information content (AvgIpc) is 2.60. The van der Waals surface area contributed by atoms with Crippen molar-refractivity contribution in [3.05, 3.63) is 29.3 Å². The van der Waals surface area contributed by atoms with Gasteiger partial charge in [0, 0.05) is 50.0 Å². The Bertz CT molecular complexity index is 539. The lowest BCUT2D eigenvalue weighted by Crippen LogP contribution is -2.51. The molecule has 0 aliphatic carbocycles. The molecule has 0 spiro atoms. The monoisotopic (exact) mass is 366 g/mol. The molecule has 1 heterocycles. The van der Waals surface area contributed by atoms with Crippen LogP contribution in [0.2, 0.25) is 5.02 Å². The molecule has 0 amide bonds. The molecule has 0 saturated carbocycles. The van der Waals surface area contributed by atoms with Crippen molar-refractivity contribution < 1.29 is 5.11 Å². The lowest BCUT2D eigenvalue weighted by molar-refractivity contribution is 0.245. The number of piperazine rings is 1. The number of anilines is 1. The van der Waals surface area contributed by atoms with E-state index in [4.69, 9.17) is 17.3 Å². The Morgan fingerprint density at radius 2 is 1.84 bits per heavy atom. The van der Waals surface area contributed by atoms with Crippen molar-refractivity contribution in [1.29, 1.82) is 0 Å². The van der Waals surface area contributed by atoms with Crippen LogP contribution in [0.25, 0.3) is 0 Å². The maximum absolute atomic E-state index is 9.21. The third-order valence-electron chi connectivity index (χ3n) is 4.65. The number of benzene rings is 1. The highest BCUT2D eigenvalue weighted by atomic mass is 35.5. The molecule has 1 fully saturated rings. The van der Waals surface area contributed by atoms with Gasteiger partial charge in [-0.05, 0) is 48.9 Å². The maximum atomic E-state index is 9.21. The van der Waals surface area contributed by atoms with E-state index in [1.807, 2.05) is 12.1 Å². The smallest absolute Gasteiger partial charge is 0.191 e. The van der Waals surface area contributed by atoms with Crippen LogP contribution in [0.15, 0.2) is 29.3 Å². The topological polar surface area (TPSA) is 65.1 Å². The van der Waals surface area contributed by atoms with Gasteiger partial charge in [-0.1, -0.05) is 25.4 Å². The van der Waals surface area contributed by atoms with E-state index in [2.05, 4.69) is 40.8 Å². The molecule has 1 atom stereocenters. The first-order chi connectivity index (χ1) is 12.0. The number of rotatable bonds is 7. The molecule has 6 heteroatoms. The molecular formula is C19H31ClN4O. The Labute approximate surface area is 156 Å². The van der Waals surface area contributed by atoms with Crippen molar-refractivity contribution in [1.82, 2.24) is 4.90 Å². The molecule has 3 N–H and O–H groups in total. The molecule has 2 rings (SSSR count). The van der Waals surface area contributed by atoms with Crippen LogP contribution >= 0.6 is 11.6 Å². The first-order valence-corrected chi connectivity index (χ1v) is 9.53. The molecule has 0 bridgehead atoms. The molecule has 0 aromatic heterocycles. The predicted octanol–water partition coefficient (Wildman–Crippen LogP) is 2.82. The molecule has 1 aromatic rings. The highest BCUT2D eigenvalue weighted by Gasteiger charge is 2.19. The molecule has 1 unspecified atom stereocenters. The van der Waals surface area contributed by atoms with Gasteiger partial charge in [0.25, 0.3) is 0 Å². The lowest BCUT2D eigenvalue weighted by Gasteiger charge is -2.36. The predicted molar refractivity (Wildman–Crippen MR) is 106 cm³/mol. The van der Waals surface area contributed by atoms with Gasteiger partial charge < -0.3 is 20.6 Å². The van der Waals surface area contributed by atoms with E-state index in [-0.39, 0.29) is 6.61 Å². The van der Waals surface area contributed by atoms with Crippen LogP contribution < -0.4 is 10.6 Å². The molecule has 140 valence electrons. The normalized spacial score (nSPS) is 17.2. The highest BCUT2D eigenvalue weighted by molar-refractivity contribution is 6.30. The van der Waals surface area contributed by atoms with Crippen molar-refractivity contribution in [2.75, 3.05) is 44.2 Å². The first kappa shape index (κ1) is 19.9. The van der Waals surface area contributed by atoms with Gasteiger partial charge in [0.2, 0.25) is 0 Å². The minimum absolute atomic E-state index is 0.215. The molecule has 0 radical (unpaired) electrons. The summed E-state index contributed by atoms with van der Waals surface area (Å²) in [4.78, 5) is 9.09. The molecule has 1 saturated heterocycles. The fourth-order valence-corrected chi connectivity index (χ4v) is 3.43. The second kappa shape index (κ2) is 9.88. The zero-order valence-electron chi connectivity index (χ0n) is 15.4. The Balaban J connectivity index is 1.85. The van der Waals surface area contributed by atoms with Crippen LogP contribution in [0.4, 0.5) is 5.69 Å². The van der Waals surface area contributed by atoms with Gasteiger partial charge in [-0.25, -0.2) is 0 Å². The van der Waals surface area contributed by atoms with Crippen LogP contribution in [0.3, 0.4) is 0 Å². The van der Waals surface area contributed by atoms with E-state index in [0.29, 0.717) is 24.3 Å². The Morgan fingerprint density at radius 3 is 2.40 bits per heavy atom. The number of aliphatic hydroxyl groups is 1. The highest BCUT2D eigenvalue weighted by Crippen LogP contribution is 2.20. The van der Waals surface area contributed by atoms with Gasteiger partial charge >= 0.3 is 0 Å². The number of aliphatic hydroxyl groups excluding tert-OH is 1. The summed E-state index contributed by atoms with van der Waals surface area (Å²) < 4.78 is 0. The summed E-state index contributed by atoms with van der Waals surface area (Å²) in [7, 11) is 0. The number of nitrogens with two attached hydrogens (primary N) is 1. The summed E-state index contributed by atoms with van der Waals surface area (Å²) in [6.45, 7) is 8.89. The number of hydrogen-bond donors (Lipinski definition) is 2. The Morgan fingerprint density at radius 1 is 1.20 bits per heavy atom. The average molecular weight is 367 g/mol. The summed E-state index contributed by atoms with van der Waals surface area (Å²) in [6.07, 6.45) is 1.86. The quantitative estimate of drug-likeness (QED) is 0.575. The van der Waals surface area contributed by atoms with Gasteiger partial charge in [0.15, 0.2) is 5.96 Å². The second-order valence-corrected chi connectivity index (χ2v) is 7.59. The standard InChI is InChI=1S/C19H31ClN4O/c1-15(2)13-16(7-12-25)14-22-19(21)24-10-8-23(9-11-24)18-5-3-17(20)4-6-18/h3-6,15-16,25H,7-14H2,1-2H3,(H2,21,22). The molecule has 1 aliphatic heterocycles. The van der Waals surface area contributed by atoms with Crippen LogP contribution in [-0.4, -0.2) is 55.3 Å². The third kappa shape index (κ3) is 6.40. The minimum Gasteiger partial charge on any atom is -0.396 e. The molecular weight excluding hydrogens is 336 g/mol. The van der Waals surface area contributed by atoms with Crippen LogP contribution in [-0.2, 0) is 0 Å². The number of hydrogen-bond acceptors (Lipinski definition) is 3. The fourth-order valence-electron chi connectivity index (χ4n) is 3.30. The van der Waals surface area contributed by atoms with E-state index in [1.54, 1.807) is 0 Å². The molecule has 1 aliphatic rings. The number of guanidine groups is 1. The van der Waals surface area contributed by atoms with Crippen LogP contribution in [0.1, 0.15) is 26.7 Å². The Hall–Kier alpha value is -1.46. The summed E-state index contributed by atoms with van der Waals surface area (Å²) in [6, 6.07) is 7.96. The third-order valence-corrected chi connectivity index (χ3v) is 4.90. The van der Waals surface area contributed by atoms with E-state index in [1.165, 1.54) is 5.69 Å². The van der Waals surface area contributed by atoms with Gasteiger partial charge in [-0.2, -0.15) is 0 Å². The van der Waals surface area contributed by atoms with Gasteiger partial charge in [0.1, 0.15) is 0 Å². The summed E-state index contributed by atoms with van der Waals surface area (Å²) in [5.74, 6) is 1.64. The second-order valence-electron chi connectivity index (χ2n) is 7.16. The van der Waals surface area contributed by atoms with Gasteiger partial charge in [-0.3, -0.25) is 4.99 Å². The van der Waals surface area contributed by atoms with Crippen molar-refractivity contribution in [3.8, 4) is 0 Å². The van der Waals surface area contributed by atoms with E-state index in [9.17, 15) is 5.11 Å². The van der Waals surface area contributed by atoms with E-state index in [0.717, 1.165) is 44.0 Å². The maximum Gasteiger partial charge on any atom is 0.191 e. The zero-order chi connectivity index (χ0) is 18.2. The number of aliphatic imine (C=N–C) groups is 1. The summed E-state index contributed by atoms with van der Waals surface area (Å²) >= 11 is 5.95. The van der Waals surface area contributed by atoms with Gasteiger partial charge in [0.05, 0.1) is 0 Å². The zero-order valence-corrected chi connectivity index (χ0v) is 16.1. The number of halogens is 1. The minimum atomic E-state index is 0.215. The van der Waals surface area contributed by atoms with Crippen LogP contribution in [0.5, 0.6) is 0 Å². The largest absolute Gasteiger partial charge is 0.396 e. The van der Waals surface area contributed by atoms with Gasteiger partial charge in [-0.15, -0.1) is 0 Å². The first-order valence-electron chi connectivity index (χ1n) is 9.15. The van der Waals surface area contributed by atoms with Crippen molar-refractivity contribution in [2.45, 2.75) is 26.7 Å². The van der Waals surface area contributed by atoms with Crippen molar-refractivity contribution in [2.24, 2.45) is 22.6 Å². The number of nitrogens with zero attached hydrogens (tertiary/aromatic N) is 3. The molecule has 1 aromatic carbocycles. The Kier molecular flexibility index (Phi) is 7.85. The lowest BCUT2D eigenvalue weighted by atomic mass is 9.94. The molecule has 25 heavy (non-hydrogen) atoms. The SMILES string of the molecule is CC(C)CC(CCO)CN=C(N)N1CCN(c2ccc(Cl)cc2)CC1. The summed E-state index contributed by atoms with van der Waals surface area (Å²) in [5, 5.41) is 9.98. The van der Waals surface area contributed by atoms with Crippen LogP contribution in [0, 0.1) is 11.8 Å². The van der Waals surface area contributed by atoms with E-state index < -0.39 is 0 Å². The molecule has 5 nitrogen and oxygen atoms in total. The fraction of sp³-hybridized carbons (Fsp3) is 0.632. The van der Waals surface area contributed by atoms with Crippen molar-refractivity contribution in [3.63, 3.8) is 0 Å². The van der Waals surface area contributed by atoms with Crippen molar-refractivity contribution >= 4 is 23.2 Å².